The molecule has 2 nitrogen and oxygen atoms in total. The van der Waals surface area contributed by atoms with E-state index < -0.39 is 0 Å². The second-order valence-corrected chi connectivity index (χ2v) is 5.87. The zero-order valence-electron chi connectivity index (χ0n) is 12.6. The minimum Gasteiger partial charge on any atom is -0.349 e. The highest BCUT2D eigenvalue weighted by molar-refractivity contribution is 6.30. The van der Waals surface area contributed by atoms with Gasteiger partial charge in [-0.05, 0) is 55.2 Å². The van der Waals surface area contributed by atoms with Crippen LogP contribution in [-0.2, 0) is 11.2 Å². The Bertz CT molecular complexity index is 634. The summed E-state index contributed by atoms with van der Waals surface area (Å²) in [6.45, 7) is 6.11. The molecule has 0 aliphatic heterocycles. The van der Waals surface area contributed by atoms with Crippen LogP contribution in [0.15, 0.2) is 42.5 Å². The molecular formula is C18H20ClNO. The summed E-state index contributed by atoms with van der Waals surface area (Å²) in [6, 6.07) is 13.6. The van der Waals surface area contributed by atoms with Gasteiger partial charge in [0.15, 0.2) is 0 Å². The van der Waals surface area contributed by atoms with E-state index in [-0.39, 0.29) is 11.9 Å². The summed E-state index contributed by atoms with van der Waals surface area (Å²) in [7, 11) is 0. The molecule has 0 unspecified atom stereocenters. The number of rotatable bonds is 4. The highest BCUT2D eigenvalue weighted by atomic mass is 35.5. The zero-order valence-corrected chi connectivity index (χ0v) is 13.4. The Balaban J connectivity index is 1.97. The van der Waals surface area contributed by atoms with Crippen molar-refractivity contribution in [2.45, 2.75) is 33.2 Å². The molecule has 110 valence electrons. The number of hydrogen-bond donors (Lipinski definition) is 1. The lowest BCUT2D eigenvalue weighted by Crippen LogP contribution is -2.28. The standard InChI is InChI=1S/C18H20ClNO/c1-12-4-5-15(10-13(12)2)11-18(21)20-14(3)16-6-8-17(19)9-7-16/h4-10,14H,11H2,1-3H3,(H,20,21)/t14-/m1/s1. The first kappa shape index (κ1) is 15.6. The third-order valence-electron chi connectivity index (χ3n) is 3.68. The van der Waals surface area contributed by atoms with Crippen molar-refractivity contribution in [2.24, 2.45) is 0 Å². The lowest BCUT2D eigenvalue weighted by molar-refractivity contribution is -0.121. The molecule has 2 rings (SSSR count). The fraction of sp³-hybridized carbons (Fsp3) is 0.278. The molecule has 21 heavy (non-hydrogen) atoms. The van der Waals surface area contributed by atoms with E-state index in [9.17, 15) is 4.79 Å². The molecule has 1 N–H and O–H groups in total. The largest absolute Gasteiger partial charge is 0.349 e. The molecule has 1 amide bonds. The summed E-state index contributed by atoms with van der Waals surface area (Å²) in [5, 5.41) is 3.72. The number of aryl methyl sites for hydroxylation is 2. The summed E-state index contributed by atoms with van der Waals surface area (Å²) in [5.41, 5.74) is 4.55. The Morgan fingerprint density at radius 2 is 1.76 bits per heavy atom. The van der Waals surface area contributed by atoms with Crippen molar-refractivity contribution in [3.63, 3.8) is 0 Å². The zero-order chi connectivity index (χ0) is 15.4. The number of nitrogens with one attached hydrogen (secondary N) is 1. The van der Waals surface area contributed by atoms with E-state index in [0.717, 1.165) is 11.1 Å². The van der Waals surface area contributed by atoms with Crippen LogP contribution in [0.5, 0.6) is 0 Å². The summed E-state index contributed by atoms with van der Waals surface area (Å²) < 4.78 is 0. The lowest BCUT2D eigenvalue weighted by atomic mass is 10.0. The summed E-state index contributed by atoms with van der Waals surface area (Å²) in [5.74, 6) is 0.0284. The van der Waals surface area contributed by atoms with E-state index in [4.69, 9.17) is 11.6 Å². The van der Waals surface area contributed by atoms with Crippen molar-refractivity contribution in [2.75, 3.05) is 0 Å². The van der Waals surface area contributed by atoms with E-state index in [0.29, 0.717) is 11.4 Å². The van der Waals surface area contributed by atoms with Gasteiger partial charge in [0.2, 0.25) is 5.91 Å². The molecule has 0 saturated carbocycles. The Morgan fingerprint density at radius 1 is 1.10 bits per heavy atom. The van der Waals surface area contributed by atoms with Crippen molar-refractivity contribution in [3.05, 3.63) is 69.7 Å². The van der Waals surface area contributed by atoms with Crippen LogP contribution in [0.2, 0.25) is 5.02 Å². The molecule has 0 aliphatic carbocycles. The van der Waals surface area contributed by atoms with Gasteiger partial charge in [-0.3, -0.25) is 4.79 Å². The lowest BCUT2D eigenvalue weighted by Gasteiger charge is -2.15. The number of carbonyl (C=O) groups is 1. The number of halogens is 1. The highest BCUT2D eigenvalue weighted by Gasteiger charge is 2.10. The van der Waals surface area contributed by atoms with E-state index in [1.54, 1.807) is 0 Å². The van der Waals surface area contributed by atoms with E-state index >= 15 is 0 Å². The first-order valence-electron chi connectivity index (χ1n) is 7.06. The van der Waals surface area contributed by atoms with Gasteiger partial charge in [-0.2, -0.15) is 0 Å². The topological polar surface area (TPSA) is 29.1 Å². The second kappa shape index (κ2) is 6.77. The van der Waals surface area contributed by atoms with Gasteiger partial charge >= 0.3 is 0 Å². The first-order chi connectivity index (χ1) is 9.95. The van der Waals surface area contributed by atoms with Gasteiger partial charge in [-0.1, -0.05) is 41.9 Å². The summed E-state index contributed by atoms with van der Waals surface area (Å²) in [4.78, 5) is 12.1. The Kier molecular flexibility index (Phi) is 5.03. The van der Waals surface area contributed by atoms with E-state index in [1.807, 2.05) is 37.3 Å². The van der Waals surface area contributed by atoms with Crippen LogP contribution in [0.4, 0.5) is 0 Å². The van der Waals surface area contributed by atoms with Crippen LogP contribution >= 0.6 is 11.6 Å². The number of carbonyl (C=O) groups excluding carboxylic acids is 1. The Morgan fingerprint density at radius 3 is 2.38 bits per heavy atom. The Labute approximate surface area is 131 Å². The average molecular weight is 302 g/mol. The van der Waals surface area contributed by atoms with Gasteiger partial charge in [0.25, 0.3) is 0 Å². The fourth-order valence-electron chi connectivity index (χ4n) is 2.23. The maximum Gasteiger partial charge on any atom is 0.224 e. The molecule has 0 heterocycles. The predicted octanol–water partition coefficient (Wildman–Crippen LogP) is 4.38. The molecule has 3 heteroatoms. The average Bonchev–Trinajstić information content (AvgIpc) is 2.43. The van der Waals surface area contributed by atoms with Gasteiger partial charge in [0.1, 0.15) is 0 Å². The van der Waals surface area contributed by atoms with Crippen molar-refractivity contribution >= 4 is 17.5 Å². The minimum absolute atomic E-state index is 0.0266. The van der Waals surface area contributed by atoms with E-state index in [2.05, 4.69) is 31.3 Å². The van der Waals surface area contributed by atoms with Crippen molar-refractivity contribution < 1.29 is 4.79 Å². The molecule has 0 aromatic heterocycles. The number of amides is 1. The van der Waals surface area contributed by atoms with Gasteiger partial charge in [-0.15, -0.1) is 0 Å². The molecule has 0 radical (unpaired) electrons. The molecule has 1 atom stereocenters. The molecule has 0 bridgehead atoms. The van der Waals surface area contributed by atoms with Crippen LogP contribution in [0, 0.1) is 13.8 Å². The quantitative estimate of drug-likeness (QED) is 0.892. The summed E-state index contributed by atoms with van der Waals surface area (Å²) in [6.07, 6.45) is 0.402. The SMILES string of the molecule is Cc1ccc(CC(=O)N[C@H](C)c2ccc(Cl)cc2)cc1C. The van der Waals surface area contributed by atoms with Crippen molar-refractivity contribution in [1.29, 1.82) is 0 Å². The monoisotopic (exact) mass is 301 g/mol. The predicted molar refractivity (Wildman–Crippen MR) is 87.6 cm³/mol. The smallest absolute Gasteiger partial charge is 0.224 e. The molecular weight excluding hydrogens is 282 g/mol. The van der Waals surface area contributed by atoms with Crippen LogP contribution in [0.3, 0.4) is 0 Å². The van der Waals surface area contributed by atoms with Gasteiger partial charge < -0.3 is 5.32 Å². The van der Waals surface area contributed by atoms with Crippen LogP contribution < -0.4 is 5.32 Å². The third kappa shape index (κ3) is 4.33. The number of benzene rings is 2. The molecule has 2 aromatic rings. The normalized spacial score (nSPS) is 12.0. The first-order valence-corrected chi connectivity index (χ1v) is 7.44. The summed E-state index contributed by atoms with van der Waals surface area (Å²) >= 11 is 5.87. The molecule has 0 spiro atoms. The van der Waals surface area contributed by atoms with Crippen molar-refractivity contribution in [3.8, 4) is 0 Å². The highest BCUT2D eigenvalue weighted by Crippen LogP contribution is 2.16. The van der Waals surface area contributed by atoms with Crippen molar-refractivity contribution in [1.82, 2.24) is 5.32 Å². The maximum atomic E-state index is 12.1. The van der Waals surface area contributed by atoms with Gasteiger partial charge in [-0.25, -0.2) is 0 Å². The molecule has 2 aromatic carbocycles. The second-order valence-electron chi connectivity index (χ2n) is 5.44. The van der Waals surface area contributed by atoms with Crippen LogP contribution in [0.1, 0.15) is 35.2 Å². The van der Waals surface area contributed by atoms with Crippen LogP contribution in [0.25, 0.3) is 0 Å². The van der Waals surface area contributed by atoms with Gasteiger partial charge in [0.05, 0.1) is 12.5 Å². The molecule has 0 saturated heterocycles. The third-order valence-corrected chi connectivity index (χ3v) is 3.94. The fourth-order valence-corrected chi connectivity index (χ4v) is 2.35. The molecule has 0 aliphatic rings. The maximum absolute atomic E-state index is 12.1. The van der Waals surface area contributed by atoms with E-state index in [1.165, 1.54) is 11.1 Å². The number of hydrogen-bond acceptors (Lipinski definition) is 1. The Hall–Kier alpha value is -1.80. The molecule has 0 fully saturated rings. The minimum atomic E-state index is -0.0266. The van der Waals surface area contributed by atoms with Gasteiger partial charge in [0, 0.05) is 5.02 Å². The van der Waals surface area contributed by atoms with Crippen LogP contribution in [-0.4, -0.2) is 5.91 Å².